The maximum atomic E-state index is 7.50. The minimum atomic E-state index is 0. The van der Waals surface area contributed by atoms with Crippen LogP contribution in [0.2, 0.25) is 0 Å². The van der Waals surface area contributed by atoms with Crippen molar-refractivity contribution < 1.29 is 25.7 Å². The monoisotopic (exact) mass is 924 g/mol. The first-order valence-electron chi connectivity index (χ1n) is 19.0. The van der Waals surface area contributed by atoms with Crippen molar-refractivity contribution in [2.45, 2.75) is 0 Å². The summed E-state index contributed by atoms with van der Waals surface area (Å²) in [6.07, 6.45) is 0. The topological polar surface area (TPSA) is 19.9 Å². The molecule has 1 aliphatic carbocycles. The van der Waals surface area contributed by atoms with Gasteiger partial charge in [0.2, 0.25) is 0 Å². The van der Waals surface area contributed by atoms with Crippen molar-refractivity contribution in [3.63, 3.8) is 0 Å². The van der Waals surface area contributed by atoms with Gasteiger partial charge in [-0.2, -0.15) is 0 Å². The molecule has 0 atom stereocenters. The minimum Gasteiger partial charge on any atom is -0.0622 e. The van der Waals surface area contributed by atoms with Crippen LogP contribution < -0.4 is 0 Å². The van der Waals surface area contributed by atoms with E-state index >= 15 is 0 Å². The average Bonchev–Trinajstić information content (AvgIpc) is 3.31. The zero-order valence-corrected chi connectivity index (χ0v) is 35.3. The second-order valence-electron chi connectivity index (χ2n) is 12.9. The van der Waals surface area contributed by atoms with Gasteiger partial charge in [-0.1, -0.05) is 218 Å². The molecule has 0 aromatic heterocycles. The van der Waals surface area contributed by atoms with E-state index in [1.807, 2.05) is 121 Å². The predicted molar refractivity (Wildman–Crippen MR) is 241 cm³/mol. The quantitative estimate of drug-likeness (QED) is 0.0952. The van der Waals surface area contributed by atoms with Crippen LogP contribution in [0.25, 0.3) is 22.3 Å². The van der Waals surface area contributed by atoms with E-state index in [-0.39, 0.29) is 21.1 Å². The van der Waals surface area contributed by atoms with Crippen LogP contribution in [0, 0.1) is 30.3 Å². The molecule has 0 N–H and O–H groups in total. The summed E-state index contributed by atoms with van der Waals surface area (Å²) in [5, 5.41) is 0. The van der Waals surface area contributed by atoms with Gasteiger partial charge in [-0.15, -0.1) is 0 Å². The summed E-state index contributed by atoms with van der Waals surface area (Å²) in [6, 6.07) is 83.0. The summed E-state index contributed by atoms with van der Waals surface area (Å²) in [5.74, 6) is 12.4. The molecule has 1 nitrogen and oxygen atoms in total. The van der Waals surface area contributed by atoms with Crippen LogP contribution in [-0.2, 0) is 25.7 Å². The van der Waals surface area contributed by atoms with Gasteiger partial charge in [0.1, 0.15) is 0 Å². The molecule has 280 valence electrons. The van der Waals surface area contributed by atoms with Crippen molar-refractivity contribution in [1.82, 2.24) is 0 Å². The fourth-order valence-corrected chi connectivity index (χ4v) is 6.39. The molecule has 9 rings (SSSR count). The number of hydrogen-bond donors (Lipinski definition) is 0. The van der Waals surface area contributed by atoms with E-state index in [9.17, 15) is 0 Å². The molecule has 1 aliphatic rings. The molecule has 59 heavy (non-hydrogen) atoms. The normalized spacial score (nSPS) is 10.6. The van der Waals surface area contributed by atoms with Crippen molar-refractivity contribution in [1.29, 1.82) is 0 Å². The Labute approximate surface area is 363 Å². The third-order valence-electron chi connectivity index (χ3n) is 9.05. The minimum absolute atomic E-state index is 0. The number of hydrogen-bond acceptors (Lipinski definition) is 0. The molecule has 0 fully saturated rings. The molecule has 0 spiro atoms. The van der Waals surface area contributed by atoms with Gasteiger partial charge < -0.3 is 0 Å². The van der Waals surface area contributed by atoms with Gasteiger partial charge in [0.15, 0.2) is 0 Å². The Morgan fingerprint density at radius 1 is 0.220 bits per heavy atom. The molecule has 8 aromatic rings. The Morgan fingerprint density at radius 2 is 0.356 bits per heavy atom. The first-order valence-corrected chi connectivity index (χ1v) is 19.0. The molecule has 0 amide bonds. The van der Waals surface area contributed by atoms with Crippen molar-refractivity contribution in [2.24, 2.45) is 0 Å². The smallest absolute Gasteiger partial charge is 0 e. The van der Waals surface area contributed by atoms with Crippen LogP contribution >= 0.6 is 0 Å². The fraction of sp³-hybridized carbons (Fsp3) is 0. The van der Waals surface area contributed by atoms with Crippen LogP contribution in [0.3, 0.4) is 0 Å². The van der Waals surface area contributed by atoms with Gasteiger partial charge >= 0.3 is 11.3 Å². The van der Waals surface area contributed by atoms with Crippen molar-refractivity contribution >= 4 is 22.3 Å². The van der Waals surface area contributed by atoms with Crippen LogP contribution in [0.15, 0.2) is 243 Å². The van der Waals surface area contributed by atoms with Gasteiger partial charge in [0, 0.05) is 43.3 Å². The molecule has 0 saturated carbocycles. The van der Waals surface area contributed by atoms with Crippen molar-refractivity contribution in [3.8, 4) is 23.7 Å². The maximum absolute atomic E-state index is 7.50. The molecule has 0 heterocycles. The maximum Gasteiger partial charge on any atom is 0 e. The van der Waals surface area contributed by atoms with Gasteiger partial charge in [0.05, 0.1) is 0 Å². The van der Waals surface area contributed by atoms with E-state index in [2.05, 4.69) is 152 Å². The molecule has 0 aliphatic heterocycles. The Kier molecular flexibility index (Phi) is 17.3. The summed E-state index contributed by atoms with van der Waals surface area (Å²) in [6.45, 7) is 4.50. The Morgan fingerprint density at radius 3 is 0.508 bits per heavy atom. The van der Waals surface area contributed by atoms with Gasteiger partial charge in [0.25, 0.3) is 0 Å². The third-order valence-corrected chi connectivity index (χ3v) is 9.05. The molecular weight excluding hydrogens is 884 g/mol. The number of rotatable bonds is 4. The van der Waals surface area contributed by atoms with E-state index < -0.39 is 0 Å². The zero-order valence-electron chi connectivity index (χ0n) is 32.4. The van der Waals surface area contributed by atoms with Crippen LogP contribution in [-0.4, -0.2) is 0 Å². The van der Waals surface area contributed by atoms with Crippen LogP contribution in [0.1, 0.15) is 44.5 Å². The third kappa shape index (κ3) is 12.4. The Balaban J connectivity index is 0.000000180. The molecule has 0 radical (unpaired) electrons. The van der Waals surface area contributed by atoms with Crippen molar-refractivity contribution in [2.75, 3.05) is 0 Å². The Bertz CT molecular complexity index is 2280. The average molecular weight is 925 g/mol. The first kappa shape index (κ1) is 42.9. The number of benzene rings is 8. The molecule has 8 aromatic carbocycles. The molecule has 2 heteroatoms. The zero-order chi connectivity index (χ0) is 40.0. The molecule has 0 saturated heterocycles. The molecule has 0 unspecified atom stereocenters. The summed E-state index contributed by atoms with van der Waals surface area (Å²) < 4.78 is 7.50. The standard InChI is InChI=1S/C28H20.2C14H10.CO.W/c1-5-13-21(14-6-1)25-26(22-15-7-2-8-16-22)28(24-19-11-4-12-20-24)27(25)23-17-9-3-10-18-23;2*1-3-7-13(8-4-1)11-12-14-9-5-2-6-10-14;1-2;/h1-20H;2*1-10H;;. The van der Waals surface area contributed by atoms with E-state index in [0.717, 1.165) is 22.3 Å². The summed E-state index contributed by atoms with van der Waals surface area (Å²) in [7, 11) is 0. The first-order chi connectivity index (χ1) is 28.8. The fourth-order valence-electron chi connectivity index (χ4n) is 6.39. The van der Waals surface area contributed by atoms with E-state index in [1.165, 1.54) is 44.5 Å². The summed E-state index contributed by atoms with van der Waals surface area (Å²) >= 11 is 0. The number of allylic oxidation sites excluding steroid dienone is 4. The van der Waals surface area contributed by atoms with E-state index in [1.54, 1.807) is 0 Å². The predicted octanol–water partition coefficient (Wildman–Crippen LogP) is 13.4. The second kappa shape index (κ2) is 23.8. The van der Waals surface area contributed by atoms with Crippen LogP contribution in [0.4, 0.5) is 0 Å². The van der Waals surface area contributed by atoms with Gasteiger partial charge in [-0.25, -0.2) is 0 Å². The van der Waals surface area contributed by atoms with E-state index in [0.29, 0.717) is 0 Å². The van der Waals surface area contributed by atoms with Gasteiger partial charge in [-0.3, -0.25) is 0 Å². The summed E-state index contributed by atoms with van der Waals surface area (Å²) in [4.78, 5) is 0. The SMILES string of the molecule is C(#Cc1ccccc1)c1ccccc1.C(#Cc1ccccc1)c1ccccc1.[C-]#[O+].[W].c1ccc(C2=C(c3ccccc3)C(c3ccccc3)=C2c2ccccc2)cc1. The van der Waals surface area contributed by atoms with Gasteiger partial charge in [-0.05, 0) is 93.1 Å². The largest absolute Gasteiger partial charge is 0.0622 e. The van der Waals surface area contributed by atoms with E-state index in [4.69, 9.17) is 4.65 Å². The molecule has 0 bridgehead atoms. The van der Waals surface area contributed by atoms with Crippen molar-refractivity contribution in [3.05, 3.63) is 294 Å². The second-order valence-corrected chi connectivity index (χ2v) is 12.9. The Hall–Kier alpha value is -7.21. The molecular formula is C57H40OW. The summed E-state index contributed by atoms with van der Waals surface area (Å²) in [5.41, 5.74) is 14.6. The van der Waals surface area contributed by atoms with Crippen LogP contribution in [0.5, 0.6) is 0 Å².